The van der Waals surface area contributed by atoms with Gasteiger partial charge in [-0.3, -0.25) is 4.90 Å². The van der Waals surface area contributed by atoms with Crippen molar-refractivity contribution < 1.29 is 0 Å². The Bertz CT molecular complexity index is 616. The van der Waals surface area contributed by atoms with Gasteiger partial charge in [-0.15, -0.1) is 0 Å². The summed E-state index contributed by atoms with van der Waals surface area (Å²) in [6.45, 7) is 8.04. The summed E-state index contributed by atoms with van der Waals surface area (Å²) >= 11 is 1.95. The highest BCUT2D eigenvalue weighted by atomic mass is 32.2. The maximum atomic E-state index is 4.08. The molecule has 2 aliphatic carbocycles. The van der Waals surface area contributed by atoms with Crippen LogP contribution < -0.4 is 10.6 Å². The zero-order valence-electron chi connectivity index (χ0n) is 19.4. The van der Waals surface area contributed by atoms with E-state index in [4.69, 9.17) is 0 Å². The SMILES string of the molecule is CSC(C)(C)CNCC1(NCC2CCC2)CCC(c2ccccc2)(N(C)C)CC1. The number of thioether (sulfide) groups is 1. The fraction of sp³-hybridized carbons (Fsp3) is 0.760. The maximum absolute atomic E-state index is 4.08. The van der Waals surface area contributed by atoms with E-state index in [1.54, 1.807) is 0 Å². The molecule has 0 spiro atoms. The molecule has 0 bridgehead atoms. The summed E-state index contributed by atoms with van der Waals surface area (Å²) in [4.78, 5) is 2.47. The van der Waals surface area contributed by atoms with Crippen LogP contribution in [0.25, 0.3) is 0 Å². The first-order chi connectivity index (χ1) is 13.8. The van der Waals surface area contributed by atoms with Crippen molar-refractivity contribution in [3.63, 3.8) is 0 Å². The minimum Gasteiger partial charge on any atom is -0.314 e. The van der Waals surface area contributed by atoms with Crippen LogP contribution in [0.1, 0.15) is 64.4 Å². The van der Waals surface area contributed by atoms with Gasteiger partial charge in [0, 0.05) is 28.9 Å². The van der Waals surface area contributed by atoms with Crippen LogP contribution in [0, 0.1) is 5.92 Å². The van der Waals surface area contributed by atoms with Gasteiger partial charge in [0.05, 0.1) is 0 Å². The van der Waals surface area contributed by atoms with E-state index in [1.165, 1.54) is 57.1 Å². The summed E-state index contributed by atoms with van der Waals surface area (Å²) in [5, 5.41) is 7.93. The van der Waals surface area contributed by atoms with Crippen LogP contribution in [0.15, 0.2) is 30.3 Å². The number of rotatable bonds is 10. The standard InChI is InChI=1S/C25H43N3S/c1-23(2,29-5)19-26-20-24(27-18-21-10-9-11-21)14-16-25(17-15-24,28(3)4)22-12-7-6-8-13-22/h6-8,12-13,21,26-27H,9-11,14-20H2,1-5H3. The van der Waals surface area contributed by atoms with Gasteiger partial charge in [-0.05, 0) is 90.7 Å². The molecule has 2 saturated carbocycles. The summed E-state index contributed by atoms with van der Waals surface area (Å²) in [6, 6.07) is 11.2. The van der Waals surface area contributed by atoms with Crippen LogP contribution in [-0.2, 0) is 5.54 Å². The third-order valence-electron chi connectivity index (χ3n) is 7.76. The van der Waals surface area contributed by atoms with Crippen molar-refractivity contribution in [2.75, 3.05) is 40.0 Å². The maximum Gasteiger partial charge on any atom is 0.0456 e. The van der Waals surface area contributed by atoms with Crippen LogP contribution in [0.3, 0.4) is 0 Å². The van der Waals surface area contributed by atoms with E-state index in [9.17, 15) is 0 Å². The average Bonchev–Trinajstić information content (AvgIpc) is 2.68. The lowest BCUT2D eigenvalue weighted by Crippen LogP contribution is -2.60. The Kier molecular flexibility index (Phi) is 7.75. The van der Waals surface area contributed by atoms with Gasteiger partial charge < -0.3 is 10.6 Å². The van der Waals surface area contributed by atoms with Crippen molar-refractivity contribution in [3.8, 4) is 0 Å². The highest BCUT2D eigenvalue weighted by Gasteiger charge is 2.45. The molecule has 2 fully saturated rings. The second-order valence-electron chi connectivity index (χ2n) is 10.3. The number of hydrogen-bond donors (Lipinski definition) is 2. The first kappa shape index (κ1) is 23.1. The van der Waals surface area contributed by atoms with E-state index in [0.29, 0.717) is 4.75 Å². The van der Waals surface area contributed by atoms with Crippen molar-refractivity contribution in [1.29, 1.82) is 0 Å². The van der Waals surface area contributed by atoms with E-state index in [1.807, 2.05) is 11.8 Å². The summed E-state index contributed by atoms with van der Waals surface area (Å²) < 4.78 is 0.293. The molecule has 0 heterocycles. The average molecular weight is 418 g/mol. The number of nitrogens with one attached hydrogen (secondary N) is 2. The monoisotopic (exact) mass is 417 g/mol. The zero-order chi connectivity index (χ0) is 21.0. The van der Waals surface area contributed by atoms with Crippen LogP contribution >= 0.6 is 11.8 Å². The smallest absolute Gasteiger partial charge is 0.0456 e. The molecule has 0 aliphatic heterocycles. The van der Waals surface area contributed by atoms with Crippen molar-refractivity contribution >= 4 is 11.8 Å². The van der Waals surface area contributed by atoms with Crippen molar-refractivity contribution in [2.45, 2.75) is 74.6 Å². The van der Waals surface area contributed by atoms with Gasteiger partial charge in [0.25, 0.3) is 0 Å². The van der Waals surface area contributed by atoms with E-state index in [-0.39, 0.29) is 11.1 Å². The molecule has 164 valence electrons. The van der Waals surface area contributed by atoms with Crippen LogP contribution in [-0.4, -0.2) is 55.2 Å². The molecule has 29 heavy (non-hydrogen) atoms. The molecule has 0 unspecified atom stereocenters. The van der Waals surface area contributed by atoms with Crippen LogP contribution in [0.5, 0.6) is 0 Å². The zero-order valence-corrected chi connectivity index (χ0v) is 20.2. The Labute approximate surface area is 183 Å². The van der Waals surface area contributed by atoms with Crippen molar-refractivity contribution in [3.05, 3.63) is 35.9 Å². The van der Waals surface area contributed by atoms with Crippen molar-refractivity contribution in [2.24, 2.45) is 5.92 Å². The van der Waals surface area contributed by atoms with Gasteiger partial charge in [0.1, 0.15) is 0 Å². The molecular weight excluding hydrogens is 374 g/mol. The van der Waals surface area contributed by atoms with Crippen LogP contribution in [0.2, 0.25) is 0 Å². The molecule has 0 saturated heterocycles. The van der Waals surface area contributed by atoms with Gasteiger partial charge in [-0.1, -0.05) is 36.8 Å². The molecule has 0 amide bonds. The highest BCUT2D eigenvalue weighted by molar-refractivity contribution is 7.99. The van der Waals surface area contributed by atoms with E-state index >= 15 is 0 Å². The molecule has 3 nitrogen and oxygen atoms in total. The van der Waals surface area contributed by atoms with Crippen LogP contribution in [0.4, 0.5) is 0 Å². The Morgan fingerprint density at radius 3 is 2.24 bits per heavy atom. The van der Waals surface area contributed by atoms with E-state index in [2.05, 4.69) is 80.1 Å². The predicted octanol–water partition coefficient (Wildman–Crippen LogP) is 4.88. The molecular formula is C25H43N3S. The number of benzene rings is 1. The minimum absolute atomic E-state index is 0.168. The number of nitrogens with zero attached hydrogens (tertiary/aromatic N) is 1. The highest BCUT2D eigenvalue weighted by Crippen LogP contribution is 2.44. The Hall–Kier alpha value is -0.550. The van der Waals surface area contributed by atoms with Gasteiger partial charge in [0.15, 0.2) is 0 Å². The molecule has 2 N–H and O–H groups in total. The topological polar surface area (TPSA) is 27.3 Å². The van der Waals surface area contributed by atoms with Gasteiger partial charge in [0.2, 0.25) is 0 Å². The molecule has 2 aliphatic rings. The summed E-state index contributed by atoms with van der Waals surface area (Å²) in [5.74, 6) is 0.907. The third kappa shape index (κ3) is 5.58. The molecule has 3 rings (SSSR count). The van der Waals surface area contributed by atoms with Crippen molar-refractivity contribution in [1.82, 2.24) is 15.5 Å². The largest absolute Gasteiger partial charge is 0.314 e. The van der Waals surface area contributed by atoms with E-state index < -0.39 is 0 Å². The lowest BCUT2D eigenvalue weighted by Gasteiger charge is -2.51. The molecule has 0 aromatic heterocycles. The fourth-order valence-corrected chi connectivity index (χ4v) is 5.28. The Balaban J connectivity index is 1.70. The normalized spacial score (nSPS) is 28.5. The molecule has 4 heteroatoms. The fourth-order valence-electron chi connectivity index (χ4n) is 5.03. The molecule has 1 aromatic carbocycles. The third-order valence-corrected chi connectivity index (χ3v) is 9.01. The lowest BCUT2D eigenvalue weighted by molar-refractivity contribution is 0.0507. The van der Waals surface area contributed by atoms with Gasteiger partial charge in [-0.25, -0.2) is 0 Å². The predicted molar refractivity (Wildman–Crippen MR) is 129 cm³/mol. The van der Waals surface area contributed by atoms with Gasteiger partial charge in [-0.2, -0.15) is 11.8 Å². The second-order valence-corrected chi connectivity index (χ2v) is 11.8. The minimum atomic E-state index is 0.168. The van der Waals surface area contributed by atoms with E-state index in [0.717, 1.165) is 19.0 Å². The first-order valence-corrected chi connectivity index (χ1v) is 12.8. The summed E-state index contributed by atoms with van der Waals surface area (Å²) in [5.41, 5.74) is 1.88. The lowest BCUT2D eigenvalue weighted by atomic mass is 9.68. The summed E-state index contributed by atoms with van der Waals surface area (Å²) in [7, 11) is 4.53. The second kappa shape index (κ2) is 9.72. The Morgan fingerprint density at radius 2 is 1.72 bits per heavy atom. The first-order valence-electron chi connectivity index (χ1n) is 11.5. The summed E-state index contributed by atoms with van der Waals surface area (Å²) in [6.07, 6.45) is 11.4. The number of hydrogen-bond acceptors (Lipinski definition) is 4. The molecule has 0 radical (unpaired) electrons. The Morgan fingerprint density at radius 1 is 1.07 bits per heavy atom. The quantitative estimate of drug-likeness (QED) is 0.567. The molecule has 0 atom stereocenters. The van der Waals surface area contributed by atoms with Gasteiger partial charge >= 0.3 is 0 Å². The molecule has 1 aromatic rings.